The van der Waals surface area contributed by atoms with Crippen molar-refractivity contribution < 1.29 is 9.47 Å². The summed E-state index contributed by atoms with van der Waals surface area (Å²) in [6, 6.07) is 3.69. The Bertz CT molecular complexity index is 483. The smallest absolute Gasteiger partial charge is 0.198 e. The number of methoxy groups -OCH3 is 2. The van der Waals surface area contributed by atoms with Gasteiger partial charge >= 0.3 is 0 Å². The normalized spacial score (nSPS) is 10.3. The lowest BCUT2D eigenvalue weighted by molar-refractivity contribution is 0.397. The van der Waals surface area contributed by atoms with E-state index in [0.29, 0.717) is 10.9 Å². The number of thiazole rings is 1. The first kappa shape index (κ1) is 10.0. The molecule has 0 aliphatic rings. The molecule has 1 aromatic carbocycles. The molecule has 2 rings (SSSR count). The van der Waals surface area contributed by atoms with E-state index in [2.05, 4.69) is 10.4 Å². The fourth-order valence-electron chi connectivity index (χ4n) is 1.31. The highest BCUT2D eigenvalue weighted by atomic mass is 32.1. The summed E-state index contributed by atoms with van der Waals surface area (Å²) in [5.74, 6) is 6.73. The molecular formula is C9H11N3O2S. The van der Waals surface area contributed by atoms with Crippen molar-refractivity contribution in [3.8, 4) is 11.5 Å². The predicted octanol–water partition coefficient (Wildman–Crippen LogP) is 1.60. The Morgan fingerprint density at radius 2 is 2.13 bits per heavy atom. The van der Waals surface area contributed by atoms with E-state index in [0.717, 1.165) is 16.0 Å². The van der Waals surface area contributed by atoms with Crippen molar-refractivity contribution in [2.75, 3.05) is 19.6 Å². The van der Waals surface area contributed by atoms with Gasteiger partial charge in [0.15, 0.2) is 5.13 Å². The van der Waals surface area contributed by atoms with Crippen LogP contribution in [-0.2, 0) is 0 Å². The molecule has 0 spiro atoms. The molecule has 0 saturated carbocycles. The Hall–Kier alpha value is -1.53. The van der Waals surface area contributed by atoms with Gasteiger partial charge in [0.2, 0.25) is 0 Å². The Morgan fingerprint density at radius 3 is 2.73 bits per heavy atom. The second-order valence-electron chi connectivity index (χ2n) is 2.84. The van der Waals surface area contributed by atoms with E-state index < -0.39 is 0 Å². The molecule has 0 aliphatic heterocycles. The third-order valence-electron chi connectivity index (χ3n) is 2.01. The van der Waals surface area contributed by atoms with E-state index in [9.17, 15) is 0 Å². The van der Waals surface area contributed by atoms with Gasteiger partial charge in [-0.15, -0.1) is 0 Å². The molecule has 1 aromatic heterocycles. The van der Waals surface area contributed by atoms with Crippen molar-refractivity contribution in [3.05, 3.63) is 12.1 Å². The van der Waals surface area contributed by atoms with Crippen molar-refractivity contribution >= 4 is 26.7 Å². The number of hydrazine groups is 1. The molecule has 6 heteroatoms. The number of hydrogen-bond donors (Lipinski definition) is 2. The van der Waals surface area contributed by atoms with Gasteiger partial charge in [-0.25, -0.2) is 10.8 Å². The average molecular weight is 225 g/mol. The highest BCUT2D eigenvalue weighted by molar-refractivity contribution is 7.22. The van der Waals surface area contributed by atoms with Crippen LogP contribution in [0.2, 0.25) is 0 Å². The summed E-state index contributed by atoms with van der Waals surface area (Å²) >= 11 is 1.45. The van der Waals surface area contributed by atoms with E-state index in [-0.39, 0.29) is 0 Å². The predicted molar refractivity (Wildman–Crippen MR) is 60.5 cm³/mol. The monoisotopic (exact) mass is 225 g/mol. The summed E-state index contributed by atoms with van der Waals surface area (Å²) in [6.45, 7) is 0. The molecule has 3 N–H and O–H groups in total. The van der Waals surface area contributed by atoms with Gasteiger partial charge in [-0.2, -0.15) is 0 Å². The van der Waals surface area contributed by atoms with E-state index in [1.165, 1.54) is 11.3 Å². The molecule has 15 heavy (non-hydrogen) atoms. The first-order chi connectivity index (χ1) is 7.28. The lowest BCUT2D eigenvalue weighted by atomic mass is 10.3. The minimum atomic E-state index is 0.650. The molecule has 0 bridgehead atoms. The number of benzene rings is 1. The second kappa shape index (κ2) is 3.92. The molecule has 0 radical (unpaired) electrons. The van der Waals surface area contributed by atoms with Gasteiger partial charge < -0.3 is 9.47 Å². The Balaban J connectivity index is 2.66. The van der Waals surface area contributed by atoms with E-state index >= 15 is 0 Å². The maximum absolute atomic E-state index is 5.30. The van der Waals surface area contributed by atoms with Crippen LogP contribution in [0.5, 0.6) is 11.5 Å². The van der Waals surface area contributed by atoms with Crippen LogP contribution in [0, 0.1) is 0 Å². The third-order valence-corrected chi connectivity index (χ3v) is 2.95. The standard InChI is InChI=1S/C9H11N3O2S/c1-13-5-3-6(14-2)8-7(4-5)15-9(11-8)12-10/h3-4H,10H2,1-2H3,(H,11,12). The number of hydrogen-bond acceptors (Lipinski definition) is 6. The number of nitrogen functional groups attached to an aromatic ring is 1. The molecule has 5 nitrogen and oxygen atoms in total. The lowest BCUT2D eigenvalue weighted by Gasteiger charge is -2.03. The number of rotatable bonds is 3. The topological polar surface area (TPSA) is 69.4 Å². The molecule has 1 heterocycles. The highest BCUT2D eigenvalue weighted by Gasteiger charge is 2.10. The van der Waals surface area contributed by atoms with E-state index in [4.69, 9.17) is 15.3 Å². The fraction of sp³-hybridized carbons (Fsp3) is 0.222. The van der Waals surface area contributed by atoms with Crippen LogP contribution in [0.1, 0.15) is 0 Å². The molecule has 80 valence electrons. The quantitative estimate of drug-likeness (QED) is 0.613. The molecule has 0 atom stereocenters. The first-order valence-corrected chi connectivity index (χ1v) is 5.09. The second-order valence-corrected chi connectivity index (χ2v) is 3.87. The molecule has 0 fully saturated rings. The van der Waals surface area contributed by atoms with E-state index in [1.807, 2.05) is 6.07 Å². The summed E-state index contributed by atoms with van der Waals surface area (Å²) < 4.78 is 11.3. The number of fused-ring (bicyclic) bond motifs is 1. The number of nitrogens with zero attached hydrogens (tertiary/aromatic N) is 1. The molecule has 2 aromatic rings. The SMILES string of the molecule is COc1cc(OC)c2nc(NN)sc2c1. The minimum Gasteiger partial charge on any atom is -0.497 e. The molecule has 0 aliphatic carbocycles. The zero-order valence-corrected chi connectivity index (χ0v) is 9.22. The lowest BCUT2D eigenvalue weighted by Crippen LogP contribution is -2.05. The Kier molecular flexibility index (Phi) is 2.61. The van der Waals surface area contributed by atoms with Crippen molar-refractivity contribution in [1.29, 1.82) is 0 Å². The number of anilines is 1. The van der Waals surface area contributed by atoms with Gasteiger partial charge in [-0.05, 0) is 6.07 Å². The zero-order chi connectivity index (χ0) is 10.8. The van der Waals surface area contributed by atoms with Crippen LogP contribution in [0.15, 0.2) is 12.1 Å². The van der Waals surface area contributed by atoms with Gasteiger partial charge in [-0.3, -0.25) is 5.43 Å². The van der Waals surface area contributed by atoms with Gasteiger partial charge in [0.05, 0.1) is 18.9 Å². The van der Waals surface area contributed by atoms with Crippen LogP contribution in [-0.4, -0.2) is 19.2 Å². The van der Waals surface area contributed by atoms with Crippen LogP contribution < -0.4 is 20.7 Å². The summed E-state index contributed by atoms with van der Waals surface area (Å²) in [7, 11) is 3.22. The van der Waals surface area contributed by atoms with Crippen LogP contribution >= 0.6 is 11.3 Å². The molecule has 0 amide bonds. The minimum absolute atomic E-state index is 0.650. The van der Waals surface area contributed by atoms with Crippen molar-refractivity contribution in [1.82, 2.24) is 4.98 Å². The summed E-state index contributed by atoms with van der Waals surface area (Å²) in [6.07, 6.45) is 0. The van der Waals surface area contributed by atoms with Gasteiger partial charge in [-0.1, -0.05) is 11.3 Å². The molecular weight excluding hydrogens is 214 g/mol. The maximum atomic E-state index is 5.30. The van der Waals surface area contributed by atoms with Crippen LogP contribution in [0.3, 0.4) is 0 Å². The summed E-state index contributed by atoms with van der Waals surface area (Å²) in [4.78, 5) is 4.28. The number of aromatic nitrogens is 1. The number of nitrogens with two attached hydrogens (primary N) is 1. The molecule has 0 saturated heterocycles. The van der Waals surface area contributed by atoms with E-state index in [1.54, 1.807) is 20.3 Å². The van der Waals surface area contributed by atoms with Gasteiger partial charge in [0.25, 0.3) is 0 Å². The van der Waals surface area contributed by atoms with Crippen molar-refractivity contribution in [2.24, 2.45) is 5.84 Å². The molecule has 0 unspecified atom stereocenters. The first-order valence-electron chi connectivity index (χ1n) is 4.27. The van der Waals surface area contributed by atoms with Gasteiger partial charge in [0.1, 0.15) is 17.0 Å². The van der Waals surface area contributed by atoms with Crippen molar-refractivity contribution in [3.63, 3.8) is 0 Å². The van der Waals surface area contributed by atoms with Gasteiger partial charge in [0, 0.05) is 6.07 Å². The number of ether oxygens (including phenoxy) is 2. The Morgan fingerprint density at radius 1 is 1.33 bits per heavy atom. The average Bonchev–Trinajstić information content (AvgIpc) is 2.70. The highest BCUT2D eigenvalue weighted by Crippen LogP contribution is 2.35. The number of nitrogens with one attached hydrogen (secondary N) is 1. The summed E-state index contributed by atoms with van der Waals surface area (Å²) in [5.41, 5.74) is 3.30. The fourth-order valence-corrected chi connectivity index (χ4v) is 2.13. The zero-order valence-electron chi connectivity index (χ0n) is 8.40. The summed E-state index contributed by atoms with van der Waals surface area (Å²) in [5, 5.41) is 0.650. The third kappa shape index (κ3) is 1.69. The maximum Gasteiger partial charge on any atom is 0.198 e. The largest absolute Gasteiger partial charge is 0.497 e. The Labute approximate surface area is 90.8 Å². The van der Waals surface area contributed by atoms with Crippen LogP contribution in [0.4, 0.5) is 5.13 Å². The van der Waals surface area contributed by atoms with Crippen molar-refractivity contribution in [2.45, 2.75) is 0 Å². The van der Waals surface area contributed by atoms with Crippen LogP contribution in [0.25, 0.3) is 10.2 Å².